The van der Waals surface area contributed by atoms with Gasteiger partial charge in [0.05, 0.1) is 24.6 Å². The van der Waals surface area contributed by atoms with Crippen molar-refractivity contribution in [2.45, 2.75) is 13.1 Å². The molecule has 4 rings (SSSR count). The summed E-state index contributed by atoms with van der Waals surface area (Å²) in [5, 5.41) is 5.39. The Morgan fingerprint density at radius 3 is 2.53 bits per heavy atom. The number of benzene rings is 2. The van der Waals surface area contributed by atoms with Crippen LogP contribution in [0.15, 0.2) is 53.5 Å². The molecule has 2 heterocycles. The van der Waals surface area contributed by atoms with Crippen LogP contribution in [-0.4, -0.2) is 50.6 Å². The van der Waals surface area contributed by atoms with Crippen LogP contribution in [-0.2, 0) is 9.53 Å². The molecule has 2 N–H and O–H groups in total. The van der Waals surface area contributed by atoms with Crippen LogP contribution in [0.4, 0.5) is 14.9 Å². The molecular weight excluding hydrogens is 387 g/mol. The van der Waals surface area contributed by atoms with Crippen LogP contribution in [0.3, 0.4) is 0 Å². The molecule has 0 spiro atoms. The maximum absolute atomic E-state index is 14.6. The largest absolute Gasteiger partial charge is 0.380 e. The van der Waals surface area contributed by atoms with Gasteiger partial charge in [-0.3, -0.25) is 4.79 Å². The van der Waals surface area contributed by atoms with Gasteiger partial charge >= 0.3 is 6.03 Å². The topological polar surface area (TPSA) is 83.0 Å². The highest BCUT2D eigenvalue weighted by atomic mass is 19.1. The van der Waals surface area contributed by atoms with Gasteiger partial charge in [0.25, 0.3) is 5.91 Å². The highest BCUT2D eigenvalue weighted by molar-refractivity contribution is 6.20. The summed E-state index contributed by atoms with van der Waals surface area (Å²) >= 11 is 0. The Morgan fingerprint density at radius 1 is 1.20 bits per heavy atom. The second-order valence-electron chi connectivity index (χ2n) is 7.90. The summed E-state index contributed by atoms with van der Waals surface area (Å²) < 4.78 is 19.8. The monoisotopic (exact) mass is 410 g/mol. The first kappa shape index (κ1) is 20.0. The van der Waals surface area contributed by atoms with Crippen molar-refractivity contribution in [2.24, 2.45) is 10.4 Å². The number of urea groups is 1. The van der Waals surface area contributed by atoms with Gasteiger partial charge in [-0.15, -0.1) is 0 Å². The minimum atomic E-state index is -1.19. The fourth-order valence-electron chi connectivity index (χ4n) is 3.51. The Labute approximate surface area is 173 Å². The molecule has 2 aromatic carbocycles. The van der Waals surface area contributed by atoms with Crippen LogP contribution in [0.5, 0.6) is 0 Å². The fourth-order valence-corrected chi connectivity index (χ4v) is 3.51. The average Bonchev–Trinajstić information content (AvgIpc) is 2.82. The zero-order valence-corrected chi connectivity index (χ0v) is 16.8. The highest BCUT2D eigenvalue weighted by Crippen LogP contribution is 2.28. The predicted octanol–water partition coefficient (Wildman–Crippen LogP) is 2.30. The number of anilines is 1. The number of halogens is 1. The van der Waals surface area contributed by atoms with Gasteiger partial charge in [-0.2, -0.15) is 0 Å². The lowest BCUT2D eigenvalue weighted by Crippen LogP contribution is -2.54. The molecule has 30 heavy (non-hydrogen) atoms. The van der Waals surface area contributed by atoms with E-state index in [0.29, 0.717) is 36.7 Å². The maximum atomic E-state index is 14.6. The Hall–Kier alpha value is -3.26. The van der Waals surface area contributed by atoms with Crippen molar-refractivity contribution < 1.29 is 18.7 Å². The first-order valence-electron chi connectivity index (χ1n) is 9.70. The second kappa shape index (κ2) is 7.87. The number of nitrogens with one attached hydrogen (secondary N) is 2. The smallest absolute Gasteiger partial charge is 0.316 e. The molecule has 0 bridgehead atoms. The van der Waals surface area contributed by atoms with E-state index in [-0.39, 0.29) is 11.0 Å². The fraction of sp³-hybridized carbons (Fsp3) is 0.318. The third-order valence-corrected chi connectivity index (χ3v) is 5.32. The van der Waals surface area contributed by atoms with Crippen molar-refractivity contribution in [3.05, 3.63) is 65.5 Å². The van der Waals surface area contributed by atoms with Crippen molar-refractivity contribution in [3.8, 4) is 0 Å². The van der Waals surface area contributed by atoms with E-state index in [1.807, 2.05) is 6.92 Å². The number of rotatable bonds is 4. The van der Waals surface area contributed by atoms with Crippen LogP contribution < -0.4 is 15.5 Å². The van der Waals surface area contributed by atoms with Gasteiger partial charge in [-0.05, 0) is 18.2 Å². The summed E-state index contributed by atoms with van der Waals surface area (Å²) in [6.07, 6.45) is -1.19. The molecule has 1 fully saturated rings. The highest BCUT2D eigenvalue weighted by Gasteiger charge is 2.35. The minimum Gasteiger partial charge on any atom is -0.380 e. The molecule has 2 aliphatic rings. The van der Waals surface area contributed by atoms with Crippen LogP contribution in [0.25, 0.3) is 0 Å². The molecule has 2 aromatic rings. The van der Waals surface area contributed by atoms with Crippen molar-refractivity contribution in [1.29, 1.82) is 0 Å². The van der Waals surface area contributed by atoms with Gasteiger partial charge in [0, 0.05) is 30.1 Å². The van der Waals surface area contributed by atoms with Crippen LogP contribution in [0.1, 0.15) is 18.1 Å². The molecule has 8 heteroatoms. The number of para-hydroxylation sites is 1. The van der Waals surface area contributed by atoms with Crippen LogP contribution in [0.2, 0.25) is 0 Å². The minimum absolute atomic E-state index is 0.112. The van der Waals surface area contributed by atoms with Crippen LogP contribution >= 0.6 is 0 Å². The van der Waals surface area contributed by atoms with E-state index in [9.17, 15) is 14.0 Å². The molecule has 0 saturated carbocycles. The van der Waals surface area contributed by atoms with Crippen molar-refractivity contribution >= 4 is 23.3 Å². The number of ether oxygens (including phenoxy) is 1. The van der Waals surface area contributed by atoms with Crippen molar-refractivity contribution in [3.63, 3.8) is 0 Å². The average molecular weight is 410 g/mol. The summed E-state index contributed by atoms with van der Waals surface area (Å²) in [7, 11) is 1.61. The number of benzodiazepines with no additional fused rings is 1. The van der Waals surface area contributed by atoms with Gasteiger partial charge in [0.1, 0.15) is 5.82 Å². The number of hydrogen-bond donors (Lipinski definition) is 2. The summed E-state index contributed by atoms with van der Waals surface area (Å²) in [6.45, 7) is 3.57. The standard InChI is InChI=1S/C22H23FN4O3/c1-22(12-30-13-22)11-24-21(29)26-19-20(28)27(2)17-10-6-4-8-15(17)18(25-19)14-7-3-5-9-16(14)23/h3-10,19H,11-13H2,1-2H3,(H2,24,26,29). The van der Waals surface area contributed by atoms with Gasteiger partial charge in [0.15, 0.2) is 0 Å². The molecule has 7 nitrogen and oxygen atoms in total. The number of hydrogen-bond acceptors (Lipinski definition) is 4. The number of aliphatic imine (C=N–C) groups is 1. The molecule has 2 aliphatic heterocycles. The third-order valence-electron chi connectivity index (χ3n) is 5.32. The second-order valence-corrected chi connectivity index (χ2v) is 7.90. The molecule has 1 atom stereocenters. The maximum Gasteiger partial charge on any atom is 0.316 e. The Balaban J connectivity index is 1.66. The lowest BCUT2D eigenvalue weighted by atomic mass is 9.89. The number of carbonyl (C=O) groups is 2. The molecule has 1 saturated heterocycles. The van der Waals surface area contributed by atoms with E-state index in [1.165, 1.54) is 11.0 Å². The normalized spacial score (nSPS) is 19.8. The summed E-state index contributed by atoms with van der Waals surface area (Å²) in [4.78, 5) is 31.4. The van der Waals surface area contributed by atoms with Crippen LogP contribution in [0, 0.1) is 11.2 Å². The van der Waals surface area contributed by atoms with Crippen molar-refractivity contribution in [1.82, 2.24) is 10.6 Å². The lowest BCUT2D eigenvalue weighted by molar-refractivity contribution is -0.119. The molecular formula is C22H23FN4O3. The van der Waals surface area contributed by atoms with Crippen molar-refractivity contribution in [2.75, 3.05) is 31.7 Å². The van der Waals surface area contributed by atoms with E-state index in [2.05, 4.69) is 15.6 Å². The van der Waals surface area contributed by atoms with E-state index in [1.54, 1.807) is 49.5 Å². The van der Waals surface area contributed by atoms with Gasteiger partial charge in [-0.25, -0.2) is 14.2 Å². The van der Waals surface area contributed by atoms with E-state index >= 15 is 0 Å². The SMILES string of the molecule is CN1C(=O)C(NC(=O)NCC2(C)COC2)N=C(c2ccccc2F)c2ccccc21. The molecule has 3 amide bonds. The summed E-state index contributed by atoms with van der Waals surface area (Å²) in [5.74, 6) is -0.869. The molecule has 1 unspecified atom stereocenters. The Bertz CT molecular complexity index is 1020. The Morgan fingerprint density at radius 2 is 1.87 bits per heavy atom. The first-order valence-corrected chi connectivity index (χ1v) is 9.70. The van der Waals surface area contributed by atoms with Gasteiger partial charge in [0.2, 0.25) is 6.17 Å². The van der Waals surface area contributed by atoms with Gasteiger partial charge in [-0.1, -0.05) is 37.3 Å². The molecule has 156 valence electrons. The number of fused-ring (bicyclic) bond motifs is 1. The predicted molar refractivity (Wildman–Crippen MR) is 111 cm³/mol. The number of carbonyl (C=O) groups excluding carboxylic acids is 2. The van der Waals surface area contributed by atoms with E-state index < -0.39 is 23.9 Å². The molecule has 0 aliphatic carbocycles. The van der Waals surface area contributed by atoms with Gasteiger partial charge < -0.3 is 20.3 Å². The number of likely N-dealkylation sites (N-methyl/N-ethyl adjacent to an activating group) is 1. The third kappa shape index (κ3) is 3.78. The first-order chi connectivity index (χ1) is 14.4. The summed E-state index contributed by atoms with van der Waals surface area (Å²) in [6, 6.07) is 12.9. The zero-order chi connectivity index (χ0) is 21.3. The summed E-state index contributed by atoms with van der Waals surface area (Å²) in [5.41, 5.74) is 1.67. The Kier molecular flexibility index (Phi) is 5.26. The number of amides is 3. The zero-order valence-electron chi connectivity index (χ0n) is 16.8. The molecule has 0 aromatic heterocycles. The lowest BCUT2D eigenvalue weighted by Gasteiger charge is -2.38. The van der Waals surface area contributed by atoms with E-state index in [0.717, 1.165) is 0 Å². The quantitative estimate of drug-likeness (QED) is 0.811. The molecule has 0 radical (unpaired) electrons. The van der Waals surface area contributed by atoms with E-state index in [4.69, 9.17) is 4.74 Å². The number of nitrogens with zero attached hydrogens (tertiary/aromatic N) is 2.